The molecule has 35 heavy (non-hydrogen) atoms. The zero-order valence-electron chi connectivity index (χ0n) is 20.3. The molecule has 0 atom stereocenters. The second-order valence-corrected chi connectivity index (χ2v) is 11.2. The Morgan fingerprint density at radius 2 is 1.69 bits per heavy atom. The van der Waals surface area contributed by atoms with Crippen LogP contribution >= 0.6 is 11.3 Å². The third-order valence-corrected chi connectivity index (χ3v) is 8.20. The van der Waals surface area contributed by atoms with Gasteiger partial charge in [-0.25, -0.2) is 4.98 Å². The Morgan fingerprint density at radius 3 is 2.49 bits per heavy atom. The van der Waals surface area contributed by atoms with E-state index in [1.54, 1.807) is 25.2 Å². The fourth-order valence-electron chi connectivity index (χ4n) is 4.27. The number of aromatic nitrogens is 1. The van der Waals surface area contributed by atoms with Crippen molar-refractivity contribution in [3.8, 4) is 10.6 Å². The lowest BCUT2D eigenvalue weighted by Crippen LogP contribution is -2.49. The molecule has 0 aliphatic heterocycles. The van der Waals surface area contributed by atoms with Crippen LogP contribution in [-0.2, 0) is 4.65 Å². The summed E-state index contributed by atoms with van der Waals surface area (Å²) in [6.07, 6.45) is 0. The van der Waals surface area contributed by atoms with Crippen LogP contribution in [0.3, 0.4) is 0 Å². The van der Waals surface area contributed by atoms with Crippen LogP contribution in [0.2, 0.25) is 0 Å². The quantitative estimate of drug-likeness (QED) is 0.285. The SMILES string of the molecule is CC(C)(O)C(C)(C)OBc1ccc2c(c1)oc1ccc3sc(-c4ccc5ccccc5c4)nc3c12. The van der Waals surface area contributed by atoms with Crippen LogP contribution in [-0.4, -0.2) is 28.8 Å². The van der Waals surface area contributed by atoms with Crippen LogP contribution in [0.5, 0.6) is 0 Å². The Hall–Kier alpha value is -3.19. The second-order valence-electron chi connectivity index (χ2n) is 10.2. The van der Waals surface area contributed by atoms with E-state index in [1.807, 2.05) is 26.0 Å². The molecule has 4 nitrogen and oxygen atoms in total. The van der Waals surface area contributed by atoms with Gasteiger partial charge in [-0.2, -0.15) is 0 Å². The smallest absolute Gasteiger partial charge is 0.309 e. The Kier molecular flexibility index (Phi) is 5.04. The molecule has 1 N–H and O–H groups in total. The van der Waals surface area contributed by atoms with Crippen LogP contribution in [0, 0.1) is 0 Å². The Labute approximate surface area is 208 Å². The summed E-state index contributed by atoms with van der Waals surface area (Å²) >= 11 is 1.71. The van der Waals surface area contributed by atoms with Crippen molar-refractivity contribution in [2.45, 2.75) is 38.9 Å². The predicted molar refractivity (Wildman–Crippen MR) is 148 cm³/mol. The molecule has 0 amide bonds. The third kappa shape index (κ3) is 3.82. The van der Waals surface area contributed by atoms with Gasteiger partial charge in [-0.15, -0.1) is 11.3 Å². The van der Waals surface area contributed by atoms with Gasteiger partial charge in [0.05, 0.1) is 26.8 Å². The average Bonchev–Trinajstić information content (AvgIpc) is 3.42. The summed E-state index contributed by atoms with van der Waals surface area (Å²) < 4.78 is 13.4. The van der Waals surface area contributed by atoms with E-state index < -0.39 is 11.2 Å². The highest BCUT2D eigenvalue weighted by atomic mass is 32.1. The number of thiazole rings is 1. The lowest BCUT2D eigenvalue weighted by Gasteiger charge is -2.37. The molecule has 6 aromatic rings. The minimum Gasteiger partial charge on any atom is -0.456 e. The first kappa shape index (κ1) is 22.3. The molecule has 174 valence electrons. The first-order valence-corrected chi connectivity index (χ1v) is 12.6. The fourth-order valence-corrected chi connectivity index (χ4v) is 5.24. The zero-order chi connectivity index (χ0) is 24.4. The van der Waals surface area contributed by atoms with Crippen LogP contribution in [0.1, 0.15) is 27.7 Å². The molecule has 0 spiro atoms. The largest absolute Gasteiger partial charge is 0.456 e. The van der Waals surface area contributed by atoms with Gasteiger partial charge in [0.2, 0.25) is 0 Å². The van der Waals surface area contributed by atoms with E-state index in [2.05, 4.69) is 60.7 Å². The second kappa shape index (κ2) is 7.92. The molecule has 0 saturated heterocycles. The van der Waals surface area contributed by atoms with Gasteiger partial charge in [0.1, 0.15) is 16.2 Å². The van der Waals surface area contributed by atoms with E-state index in [0.717, 1.165) is 48.2 Å². The molecule has 0 aliphatic carbocycles. The van der Waals surface area contributed by atoms with Gasteiger partial charge in [-0.05, 0) is 68.2 Å². The van der Waals surface area contributed by atoms with Crippen molar-refractivity contribution in [2.75, 3.05) is 0 Å². The maximum atomic E-state index is 10.4. The molecule has 0 fully saturated rings. The summed E-state index contributed by atoms with van der Waals surface area (Å²) in [5, 5.41) is 15.9. The number of fused-ring (bicyclic) bond motifs is 6. The van der Waals surface area contributed by atoms with Gasteiger partial charge >= 0.3 is 7.48 Å². The van der Waals surface area contributed by atoms with E-state index in [4.69, 9.17) is 14.1 Å². The number of hydrogen-bond donors (Lipinski definition) is 1. The van der Waals surface area contributed by atoms with Crippen molar-refractivity contribution in [1.29, 1.82) is 0 Å². The highest BCUT2D eigenvalue weighted by Crippen LogP contribution is 2.39. The molecular weight excluding hydrogens is 453 g/mol. The summed E-state index contributed by atoms with van der Waals surface area (Å²) in [6, 6.07) is 25.2. The number of aliphatic hydroxyl groups is 1. The molecule has 4 aromatic carbocycles. The van der Waals surface area contributed by atoms with Crippen molar-refractivity contribution < 1.29 is 14.2 Å². The van der Waals surface area contributed by atoms with Crippen LogP contribution in [0.25, 0.3) is 53.5 Å². The summed E-state index contributed by atoms with van der Waals surface area (Å²) in [5.74, 6) is 0. The normalized spacial score (nSPS) is 12.8. The van der Waals surface area contributed by atoms with Crippen molar-refractivity contribution in [2.24, 2.45) is 0 Å². The first-order chi connectivity index (χ1) is 16.7. The van der Waals surface area contributed by atoms with Gasteiger partial charge in [0.25, 0.3) is 0 Å². The molecule has 2 aromatic heterocycles. The minimum absolute atomic E-state index is 0.391. The van der Waals surface area contributed by atoms with Gasteiger partial charge in [0.15, 0.2) is 0 Å². The monoisotopic (exact) mass is 479 g/mol. The van der Waals surface area contributed by atoms with Crippen molar-refractivity contribution in [3.63, 3.8) is 0 Å². The number of benzene rings is 4. The van der Waals surface area contributed by atoms with Gasteiger partial charge in [0, 0.05) is 10.9 Å². The minimum atomic E-state index is -0.949. The van der Waals surface area contributed by atoms with Gasteiger partial charge < -0.3 is 14.2 Å². The predicted octanol–water partition coefficient (Wildman–Crippen LogP) is 6.56. The number of rotatable bonds is 5. The van der Waals surface area contributed by atoms with E-state index >= 15 is 0 Å². The van der Waals surface area contributed by atoms with Gasteiger partial charge in [-0.3, -0.25) is 0 Å². The summed E-state index contributed by atoms with van der Waals surface area (Å²) in [7, 11) is 0.391. The van der Waals surface area contributed by atoms with Crippen molar-refractivity contribution >= 4 is 67.2 Å². The first-order valence-electron chi connectivity index (χ1n) is 11.8. The van der Waals surface area contributed by atoms with E-state index in [9.17, 15) is 5.11 Å². The maximum absolute atomic E-state index is 10.4. The highest BCUT2D eigenvalue weighted by Gasteiger charge is 2.35. The van der Waals surface area contributed by atoms with Crippen molar-refractivity contribution in [3.05, 3.63) is 72.8 Å². The average molecular weight is 479 g/mol. The lowest BCUT2D eigenvalue weighted by molar-refractivity contribution is -0.0893. The molecule has 0 bridgehead atoms. The Morgan fingerprint density at radius 1 is 0.886 bits per heavy atom. The van der Waals surface area contributed by atoms with Gasteiger partial charge in [-0.1, -0.05) is 48.5 Å². The number of hydrogen-bond acceptors (Lipinski definition) is 5. The van der Waals surface area contributed by atoms with Crippen LogP contribution in [0.15, 0.2) is 77.2 Å². The van der Waals surface area contributed by atoms with Crippen LogP contribution in [0.4, 0.5) is 0 Å². The van der Waals surface area contributed by atoms with E-state index in [1.165, 1.54) is 10.8 Å². The molecular formula is C29H26BNO3S. The zero-order valence-corrected chi connectivity index (χ0v) is 21.1. The fraction of sp³-hybridized carbons (Fsp3) is 0.207. The van der Waals surface area contributed by atoms with E-state index in [-0.39, 0.29) is 0 Å². The Bertz CT molecular complexity index is 1730. The molecule has 2 heterocycles. The third-order valence-electron chi connectivity index (χ3n) is 7.13. The summed E-state index contributed by atoms with van der Waals surface area (Å²) in [5.41, 5.74) is 3.12. The summed E-state index contributed by atoms with van der Waals surface area (Å²) in [6.45, 7) is 7.33. The topological polar surface area (TPSA) is 55.5 Å². The highest BCUT2D eigenvalue weighted by molar-refractivity contribution is 7.21. The Balaban J connectivity index is 1.40. The van der Waals surface area contributed by atoms with E-state index in [0.29, 0.717) is 7.48 Å². The molecule has 0 saturated carbocycles. The molecule has 0 radical (unpaired) electrons. The number of furan rings is 1. The lowest BCUT2D eigenvalue weighted by atomic mass is 9.82. The standard InChI is InChI=1S/C29H26BNO3S/c1-28(2,32)29(3,4)34-30-20-11-12-21-23(16-20)33-22-13-14-24-26(25(21)22)31-27(35-24)19-10-9-17-7-5-6-8-18(17)15-19/h5-16,30,32H,1-4H3. The summed E-state index contributed by atoms with van der Waals surface area (Å²) in [4.78, 5) is 5.06. The molecule has 6 rings (SSSR count). The number of nitrogens with zero attached hydrogens (tertiary/aromatic N) is 1. The molecule has 0 unspecified atom stereocenters. The molecule has 0 aliphatic rings. The van der Waals surface area contributed by atoms with Crippen molar-refractivity contribution in [1.82, 2.24) is 4.98 Å². The molecule has 6 heteroatoms. The van der Waals surface area contributed by atoms with Crippen LogP contribution < -0.4 is 5.46 Å². The maximum Gasteiger partial charge on any atom is 0.309 e.